The maximum atomic E-state index is 12.1. The lowest BCUT2D eigenvalue weighted by Gasteiger charge is -2.41. The Kier molecular flexibility index (Phi) is 9.85. The van der Waals surface area contributed by atoms with Crippen molar-refractivity contribution in [3.63, 3.8) is 0 Å². The highest BCUT2D eigenvalue weighted by atomic mass is 16.7. The fourth-order valence-corrected chi connectivity index (χ4v) is 4.48. The van der Waals surface area contributed by atoms with E-state index in [0.717, 1.165) is 5.57 Å². The fourth-order valence-electron chi connectivity index (χ4n) is 4.48. The van der Waals surface area contributed by atoms with Crippen LogP contribution in [0.15, 0.2) is 47.3 Å². The smallest absolute Gasteiger partial charge is 0.305 e. The molecule has 0 bridgehead atoms. The lowest BCUT2D eigenvalue weighted by molar-refractivity contribution is -0.182. The number of hydrogen-bond acceptors (Lipinski definition) is 9. The van der Waals surface area contributed by atoms with E-state index in [1.807, 2.05) is 13.8 Å². The van der Waals surface area contributed by atoms with Crippen molar-refractivity contribution in [3.05, 3.63) is 47.3 Å². The van der Waals surface area contributed by atoms with Crippen LogP contribution in [0.25, 0.3) is 0 Å². The third kappa shape index (κ3) is 7.53. The number of aliphatic hydroxyl groups is 2. The van der Waals surface area contributed by atoms with Crippen molar-refractivity contribution in [1.82, 2.24) is 0 Å². The summed E-state index contributed by atoms with van der Waals surface area (Å²) in [4.78, 5) is 35.8. The third-order valence-electron chi connectivity index (χ3n) is 5.96. The molecule has 2 aliphatic rings. The zero-order chi connectivity index (χ0) is 26.4. The first-order valence-electron chi connectivity index (χ1n) is 11.5. The van der Waals surface area contributed by atoms with Crippen molar-refractivity contribution in [1.29, 1.82) is 0 Å². The van der Waals surface area contributed by atoms with E-state index in [2.05, 4.69) is 6.58 Å². The van der Waals surface area contributed by atoms with Gasteiger partial charge in [-0.05, 0) is 45.3 Å². The summed E-state index contributed by atoms with van der Waals surface area (Å²) in [6.07, 6.45) is -0.0457. The molecule has 9 heteroatoms. The summed E-state index contributed by atoms with van der Waals surface area (Å²) >= 11 is 0. The molecule has 0 aromatic heterocycles. The molecule has 0 radical (unpaired) electrons. The number of allylic oxidation sites excluding steroid dienone is 2. The van der Waals surface area contributed by atoms with E-state index >= 15 is 0 Å². The minimum atomic E-state index is -1.12. The Balaban J connectivity index is 2.67. The summed E-state index contributed by atoms with van der Waals surface area (Å²) in [5, 5.41) is 21.0. The van der Waals surface area contributed by atoms with Crippen molar-refractivity contribution in [2.45, 2.75) is 85.1 Å². The molecule has 0 aromatic carbocycles. The molecule has 0 unspecified atom stereocenters. The SMILES string of the molecule is C=C1C[C@@H](O)[C@@H](O)/C(C)=C\C[C@@H]2C([C@@H](OC(C)=O)[C@H](C=C(C)C)OC(C)=O)=CO[C@H](OC(C)=O)[C@@H]12. The van der Waals surface area contributed by atoms with Crippen LogP contribution in [0.5, 0.6) is 0 Å². The van der Waals surface area contributed by atoms with Crippen molar-refractivity contribution in [2.75, 3.05) is 0 Å². The molecule has 2 rings (SSSR count). The van der Waals surface area contributed by atoms with Crippen LogP contribution < -0.4 is 0 Å². The zero-order valence-electron chi connectivity index (χ0n) is 21.1. The Morgan fingerprint density at radius 1 is 1.09 bits per heavy atom. The highest BCUT2D eigenvalue weighted by Crippen LogP contribution is 2.43. The molecule has 35 heavy (non-hydrogen) atoms. The van der Waals surface area contributed by atoms with Crippen molar-refractivity contribution >= 4 is 17.9 Å². The Bertz CT molecular complexity index is 925. The Labute approximate surface area is 206 Å². The van der Waals surface area contributed by atoms with E-state index in [-0.39, 0.29) is 6.42 Å². The first kappa shape index (κ1) is 28.3. The highest BCUT2D eigenvalue weighted by molar-refractivity contribution is 5.68. The average molecular weight is 493 g/mol. The molecule has 194 valence electrons. The summed E-state index contributed by atoms with van der Waals surface area (Å²) < 4.78 is 22.4. The standard InChI is InChI=1S/C26H36O9/c1-13(2)10-22(33-16(5)27)25(34-17(6)28)20-12-32-26(35-18(7)29)23-15(4)11-21(30)24(31)14(3)8-9-19(20)23/h8,10,12,19,21-26,30-31H,4,9,11H2,1-3,5-7H3/b14-8-/t19-,21-,22+,23+,24+,25-,26-/m1/s1. The number of ether oxygens (including phenoxy) is 4. The van der Waals surface area contributed by atoms with Crippen LogP contribution in [0.2, 0.25) is 0 Å². The first-order valence-corrected chi connectivity index (χ1v) is 11.5. The minimum absolute atomic E-state index is 0.0293. The normalized spacial score (nSPS) is 29.7. The largest absolute Gasteiger partial charge is 0.462 e. The number of esters is 3. The topological polar surface area (TPSA) is 129 Å². The maximum absolute atomic E-state index is 12.1. The van der Waals surface area contributed by atoms with Gasteiger partial charge in [0.15, 0.2) is 12.2 Å². The van der Waals surface area contributed by atoms with Gasteiger partial charge in [-0.3, -0.25) is 14.4 Å². The number of hydrogen-bond donors (Lipinski definition) is 2. The maximum Gasteiger partial charge on any atom is 0.305 e. The number of aliphatic hydroxyl groups excluding tert-OH is 2. The summed E-state index contributed by atoms with van der Waals surface area (Å²) in [5.74, 6) is -2.82. The van der Waals surface area contributed by atoms with Gasteiger partial charge < -0.3 is 29.2 Å². The molecule has 0 aromatic rings. The number of carbonyl (C=O) groups excluding carboxylic acids is 3. The van der Waals surface area contributed by atoms with E-state index in [1.54, 1.807) is 19.1 Å². The van der Waals surface area contributed by atoms with Crippen LogP contribution >= 0.6 is 0 Å². The van der Waals surface area contributed by atoms with Gasteiger partial charge in [-0.2, -0.15) is 0 Å². The summed E-state index contributed by atoms with van der Waals surface area (Å²) in [7, 11) is 0. The van der Waals surface area contributed by atoms with E-state index in [0.29, 0.717) is 23.1 Å². The van der Waals surface area contributed by atoms with Crippen LogP contribution in [0.4, 0.5) is 0 Å². The monoisotopic (exact) mass is 492 g/mol. The van der Waals surface area contributed by atoms with Gasteiger partial charge in [0.1, 0.15) is 6.10 Å². The summed E-state index contributed by atoms with van der Waals surface area (Å²) in [6.45, 7) is 13.2. The predicted molar refractivity (Wildman–Crippen MR) is 126 cm³/mol. The zero-order valence-corrected chi connectivity index (χ0v) is 21.1. The number of rotatable bonds is 6. The molecule has 2 N–H and O–H groups in total. The van der Waals surface area contributed by atoms with Gasteiger partial charge in [-0.15, -0.1) is 0 Å². The second-order valence-corrected chi connectivity index (χ2v) is 9.27. The molecular weight excluding hydrogens is 456 g/mol. The molecule has 1 heterocycles. The third-order valence-corrected chi connectivity index (χ3v) is 5.96. The molecule has 7 atom stereocenters. The van der Waals surface area contributed by atoms with Crippen molar-refractivity contribution in [3.8, 4) is 0 Å². The molecule has 0 fully saturated rings. The van der Waals surface area contributed by atoms with Gasteiger partial charge in [0.25, 0.3) is 0 Å². The second kappa shape index (κ2) is 12.2. The molecule has 9 nitrogen and oxygen atoms in total. The summed E-state index contributed by atoms with van der Waals surface area (Å²) in [5.41, 5.74) is 2.38. The lowest BCUT2D eigenvalue weighted by atomic mass is 9.74. The van der Waals surface area contributed by atoms with Gasteiger partial charge in [-0.1, -0.05) is 23.8 Å². The van der Waals surface area contributed by atoms with Gasteiger partial charge in [-0.25, -0.2) is 0 Å². The molecule has 1 aliphatic carbocycles. The Morgan fingerprint density at radius 2 is 1.71 bits per heavy atom. The Morgan fingerprint density at radius 3 is 2.26 bits per heavy atom. The van der Waals surface area contributed by atoms with E-state index in [4.69, 9.17) is 18.9 Å². The molecule has 0 amide bonds. The quantitative estimate of drug-likeness (QED) is 0.327. The second-order valence-electron chi connectivity index (χ2n) is 9.27. The predicted octanol–water partition coefficient (Wildman–Crippen LogP) is 2.87. The van der Waals surface area contributed by atoms with Gasteiger partial charge >= 0.3 is 17.9 Å². The highest BCUT2D eigenvalue weighted by Gasteiger charge is 2.46. The summed E-state index contributed by atoms with van der Waals surface area (Å²) in [6, 6.07) is 0. The molecular formula is C26H36O9. The van der Waals surface area contributed by atoms with Crippen molar-refractivity contribution in [2.24, 2.45) is 11.8 Å². The average Bonchev–Trinajstić information content (AvgIpc) is 2.76. The van der Waals surface area contributed by atoms with Gasteiger partial charge in [0.2, 0.25) is 6.29 Å². The van der Waals surface area contributed by atoms with Gasteiger partial charge in [0, 0.05) is 32.3 Å². The van der Waals surface area contributed by atoms with Crippen LogP contribution in [0.3, 0.4) is 0 Å². The minimum Gasteiger partial charge on any atom is -0.462 e. The van der Waals surface area contributed by atoms with Crippen LogP contribution in [-0.2, 0) is 33.3 Å². The molecule has 0 saturated carbocycles. The van der Waals surface area contributed by atoms with Crippen LogP contribution in [0.1, 0.15) is 54.4 Å². The Hall–Kier alpha value is -2.91. The number of carbonyl (C=O) groups is 3. The molecule has 0 spiro atoms. The fraction of sp³-hybridized carbons (Fsp3) is 0.577. The van der Waals surface area contributed by atoms with E-state index in [9.17, 15) is 24.6 Å². The van der Waals surface area contributed by atoms with Crippen LogP contribution in [0, 0.1) is 11.8 Å². The van der Waals surface area contributed by atoms with E-state index in [1.165, 1.54) is 27.0 Å². The van der Waals surface area contributed by atoms with E-state index < -0.39 is 60.4 Å². The van der Waals surface area contributed by atoms with Crippen molar-refractivity contribution < 1.29 is 43.5 Å². The lowest BCUT2D eigenvalue weighted by Crippen LogP contribution is -2.45. The molecule has 1 aliphatic heterocycles. The molecule has 0 saturated heterocycles. The number of fused-ring (bicyclic) bond motifs is 1. The first-order chi connectivity index (χ1) is 16.3. The van der Waals surface area contributed by atoms with Gasteiger partial charge in [0.05, 0.1) is 18.3 Å². The van der Waals surface area contributed by atoms with Crippen LogP contribution in [-0.4, -0.2) is 58.8 Å².